The van der Waals surface area contributed by atoms with Gasteiger partial charge < -0.3 is 11.1 Å². The molecule has 2 aromatic rings. The number of nitrogens with zero attached hydrogens (tertiary/aromatic N) is 6. The summed E-state index contributed by atoms with van der Waals surface area (Å²) in [5, 5.41) is 9.49. The third kappa shape index (κ3) is 3.45. The van der Waals surface area contributed by atoms with Crippen molar-refractivity contribution < 1.29 is 4.79 Å². The van der Waals surface area contributed by atoms with E-state index in [4.69, 9.17) is 16.8 Å². The topological polar surface area (TPSA) is 153 Å². The highest BCUT2D eigenvalue weighted by Crippen LogP contribution is 2.26. The molecule has 0 saturated heterocycles. The summed E-state index contributed by atoms with van der Waals surface area (Å²) in [6.07, 6.45) is 0. The number of benzene rings is 2. The fourth-order valence-electron chi connectivity index (χ4n) is 1.72. The van der Waals surface area contributed by atoms with Crippen LogP contribution < -0.4 is 11.1 Å². The highest BCUT2D eigenvalue weighted by Gasteiger charge is 2.09. The molecule has 9 nitrogen and oxygen atoms in total. The predicted octanol–water partition coefficient (Wildman–Crippen LogP) is 4.40. The molecular weight excluding hydrogens is 284 g/mol. The second kappa shape index (κ2) is 6.67. The Morgan fingerprint density at radius 2 is 1.73 bits per heavy atom. The first kappa shape index (κ1) is 14.7. The van der Waals surface area contributed by atoms with Crippen molar-refractivity contribution in [3.63, 3.8) is 0 Å². The number of carbonyl (C=O) groups excluding carboxylic acids is 1. The monoisotopic (exact) mass is 294 g/mol. The van der Waals surface area contributed by atoms with Gasteiger partial charge in [0.2, 0.25) is 0 Å². The Hall–Kier alpha value is -3.67. The van der Waals surface area contributed by atoms with Crippen molar-refractivity contribution in [3.05, 3.63) is 68.9 Å². The van der Waals surface area contributed by atoms with Crippen LogP contribution in [0.4, 0.5) is 22.7 Å². The minimum Gasteiger partial charge on any atom is -0.397 e. The average molecular weight is 294 g/mol. The van der Waals surface area contributed by atoms with Crippen LogP contribution in [-0.4, -0.2) is 5.91 Å². The van der Waals surface area contributed by atoms with E-state index in [9.17, 15) is 4.79 Å². The van der Waals surface area contributed by atoms with Crippen LogP contribution in [0.15, 0.2) is 52.7 Å². The molecule has 1 amide bonds. The van der Waals surface area contributed by atoms with E-state index >= 15 is 0 Å². The maximum Gasteiger partial charge on any atom is 0.255 e. The van der Waals surface area contributed by atoms with Gasteiger partial charge in [-0.1, -0.05) is 28.4 Å². The summed E-state index contributed by atoms with van der Waals surface area (Å²) in [6, 6.07) is 10.7. The van der Waals surface area contributed by atoms with Crippen LogP contribution in [0.3, 0.4) is 0 Å². The quantitative estimate of drug-likeness (QED) is 0.371. The predicted molar refractivity (Wildman–Crippen MR) is 82.9 cm³/mol. The molecule has 108 valence electrons. The molecule has 3 N–H and O–H groups in total. The third-order valence-corrected chi connectivity index (χ3v) is 2.71. The number of carbonyl (C=O) groups is 1. The maximum absolute atomic E-state index is 12.2. The SMILES string of the molecule is [N-]=[N+]=Nc1cccc(C(=O)Nc2cc(N=[N+]=[N-])ccc2N)c1. The summed E-state index contributed by atoms with van der Waals surface area (Å²) in [5.74, 6) is -0.431. The Morgan fingerprint density at radius 1 is 1.05 bits per heavy atom. The van der Waals surface area contributed by atoms with Crippen molar-refractivity contribution in [1.82, 2.24) is 0 Å². The number of nitrogen functional groups attached to an aromatic ring is 1. The Labute approximate surface area is 124 Å². The second-order valence-corrected chi connectivity index (χ2v) is 4.15. The van der Waals surface area contributed by atoms with E-state index in [0.717, 1.165) is 0 Å². The van der Waals surface area contributed by atoms with Crippen molar-refractivity contribution in [3.8, 4) is 0 Å². The van der Waals surface area contributed by atoms with Crippen LogP contribution in [0.2, 0.25) is 0 Å². The molecule has 0 aliphatic rings. The van der Waals surface area contributed by atoms with Crippen LogP contribution >= 0.6 is 0 Å². The Bertz CT molecular complexity index is 819. The van der Waals surface area contributed by atoms with Gasteiger partial charge in [0.1, 0.15) is 0 Å². The number of anilines is 2. The molecule has 0 radical (unpaired) electrons. The standard InChI is InChI=1S/C13H10N8O/c14-11-5-4-10(19-21-16)7-12(11)17-13(22)8-2-1-3-9(6-8)18-20-15/h1-7H,14H2,(H,17,22). The van der Waals surface area contributed by atoms with Gasteiger partial charge in [0, 0.05) is 26.8 Å². The molecule has 0 aromatic heterocycles. The summed E-state index contributed by atoms with van der Waals surface area (Å²) >= 11 is 0. The van der Waals surface area contributed by atoms with Crippen LogP contribution in [-0.2, 0) is 0 Å². The summed E-state index contributed by atoms with van der Waals surface area (Å²) in [5.41, 5.74) is 24.2. The highest BCUT2D eigenvalue weighted by atomic mass is 16.1. The smallest absolute Gasteiger partial charge is 0.255 e. The van der Waals surface area contributed by atoms with Gasteiger partial charge in [-0.3, -0.25) is 4.79 Å². The molecule has 0 spiro atoms. The molecule has 0 aliphatic carbocycles. The first-order valence-electron chi connectivity index (χ1n) is 6.05. The van der Waals surface area contributed by atoms with Gasteiger partial charge in [-0.05, 0) is 35.3 Å². The molecule has 0 unspecified atom stereocenters. The molecule has 2 aromatic carbocycles. The van der Waals surface area contributed by atoms with Gasteiger partial charge in [0.15, 0.2) is 0 Å². The minimum atomic E-state index is -0.431. The van der Waals surface area contributed by atoms with E-state index in [0.29, 0.717) is 28.3 Å². The van der Waals surface area contributed by atoms with E-state index < -0.39 is 5.91 Å². The lowest BCUT2D eigenvalue weighted by Crippen LogP contribution is -2.12. The fraction of sp³-hybridized carbons (Fsp3) is 0. The zero-order valence-corrected chi connectivity index (χ0v) is 11.2. The average Bonchev–Trinajstić information content (AvgIpc) is 2.51. The molecule has 0 heterocycles. The second-order valence-electron chi connectivity index (χ2n) is 4.15. The fourth-order valence-corrected chi connectivity index (χ4v) is 1.72. The van der Waals surface area contributed by atoms with Crippen molar-refractivity contribution in [2.75, 3.05) is 11.1 Å². The van der Waals surface area contributed by atoms with Crippen molar-refractivity contribution in [1.29, 1.82) is 0 Å². The summed E-state index contributed by atoms with van der Waals surface area (Å²) in [7, 11) is 0. The Morgan fingerprint density at radius 3 is 2.41 bits per heavy atom. The molecule has 0 fully saturated rings. The highest BCUT2D eigenvalue weighted by molar-refractivity contribution is 6.06. The first-order valence-corrected chi connectivity index (χ1v) is 6.05. The number of rotatable bonds is 4. The van der Waals surface area contributed by atoms with Crippen molar-refractivity contribution in [2.24, 2.45) is 10.2 Å². The number of hydrogen-bond donors (Lipinski definition) is 2. The number of hydrogen-bond acceptors (Lipinski definition) is 4. The minimum absolute atomic E-state index is 0.304. The Balaban J connectivity index is 2.28. The zero-order valence-electron chi connectivity index (χ0n) is 11.2. The lowest BCUT2D eigenvalue weighted by molar-refractivity contribution is 0.102. The van der Waals surface area contributed by atoms with Crippen molar-refractivity contribution >= 4 is 28.7 Å². The first-order chi connectivity index (χ1) is 10.6. The van der Waals surface area contributed by atoms with Crippen LogP contribution in [0, 0.1) is 0 Å². The van der Waals surface area contributed by atoms with E-state index in [1.807, 2.05) is 0 Å². The van der Waals surface area contributed by atoms with Gasteiger partial charge in [-0.25, -0.2) is 0 Å². The maximum atomic E-state index is 12.2. The summed E-state index contributed by atoms with van der Waals surface area (Å²) in [4.78, 5) is 17.5. The molecule has 9 heteroatoms. The molecule has 0 saturated carbocycles. The van der Waals surface area contributed by atoms with Crippen LogP contribution in [0.5, 0.6) is 0 Å². The normalized spacial score (nSPS) is 9.27. The summed E-state index contributed by atoms with van der Waals surface area (Å²) in [6.45, 7) is 0. The van der Waals surface area contributed by atoms with E-state index in [-0.39, 0.29) is 0 Å². The molecule has 2 rings (SSSR count). The van der Waals surface area contributed by atoms with Crippen LogP contribution in [0.1, 0.15) is 10.4 Å². The van der Waals surface area contributed by atoms with Gasteiger partial charge in [0.25, 0.3) is 5.91 Å². The van der Waals surface area contributed by atoms with Gasteiger partial charge in [0.05, 0.1) is 11.4 Å². The van der Waals surface area contributed by atoms with Gasteiger partial charge in [-0.15, -0.1) is 0 Å². The summed E-state index contributed by atoms with van der Waals surface area (Å²) < 4.78 is 0. The largest absolute Gasteiger partial charge is 0.397 e. The van der Waals surface area contributed by atoms with Gasteiger partial charge >= 0.3 is 0 Å². The lowest BCUT2D eigenvalue weighted by Gasteiger charge is -2.09. The third-order valence-electron chi connectivity index (χ3n) is 2.71. The number of azide groups is 2. The number of nitrogens with one attached hydrogen (secondary N) is 1. The van der Waals surface area contributed by atoms with E-state index in [1.54, 1.807) is 18.2 Å². The molecule has 0 aliphatic heterocycles. The molecule has 0 bridgehead atoms. The molecular formula is C13H10N8O. The Kier molecular flexibility index (Phi) is 4.46. The van der Waals surface area contributed by atoms with Gasteiger partial charge in [-0.2, -0.15) is 0 Å². The van der Waals surface area contributed by atoms with E-state index in [1.165, 1.54) is 24.3 Å². The number of nitrogens with two attached hydrogens (primary N) is 1. The van der Waals surface area contributed by atoms with Crippen LogP contribution in [0.25, 0.3) is 20.9 Å². The number of amides is 1. The van der Waals surface area contributed by atoms with E-state index in [2.05, 4.69) is 25.4 Å². The van der Waals surface area contributed by atoms with Crippen molar-refractivity contribution in [2.45, 2.75) is 0 Å². The molecule has 22 heavy (non-hydrogen) atoms. The lowest BCUT2D eigenvalue weighted by atomic mass is 10.1. The zero-order chi connectivity index (χ0) is 15.9. The molecule has 0 atom stereocenters.